The van der Waals surface area contributed by atoms with Gasteiger partial charge in [-0.2, -0.15) is 0 Å². The highest BCUT2D eigenvalue weighted by molar-refractivity contribution is 9.08. The molecule has 2 aromatic rings. The number of carbonyl (C=O) groups is 2. The fraction of sp³-hybridized carbons (Fsp3) is 0.474. The molecule has 1 heterocycles. The number of amides is 2. The van der Waals surface area contributed by atoms with Gasteiger partial charge in [-0.3, -0.25) is 0 Å². The van der Waals surface area contributed by atoms with Gasteiger partial charge >= 0.3 is 12.2 Å². The van der Waals surface area contributed by atoms with Gasteiger partial charge in [-0.25, -0.2) is 19.6 Å². The molecule has 1 aromatic carbocycles. The molecule has 1 aromatic heterocycles. The number of imide groups is 1. The van der Waals surface area contributed by atoms with E-state index in [4.69, 9.17) is 9.47 Å². The zero-order valence-corrected chi connectivity index (χ0v) is 18.0. The number of carbonyl (C=O) groups excluding carboxylic acids is 2. The van der Waals surface area contributed by atoms with Crippen LogP contribution in [0, 0.1) is 0 Å². The van der Waals surface area contributed by atoms with Crippen LogP contribution in [0.3, 0.4) is 0 Å². The minimum absolute atomic E-state index is 0.0911. The second kappa shape index (κ2) is 7.80. The van der Waals surface area contributed by atoms with E-state index in [9.17, 15) is 9.59 Å². The second-order valence-corrected chi connectivity index (χ2v) is 8.48. The first-order valence-corrected chi connectivity index (χ1v) is 9.61. The maximum Gasteiger partial charge on any atom is 0.427 e. The molecule has 0 saturated heterocycles. The van der Waals surface area contributed by atoms with E-state index in [-0.39, 0.29) is 5.95 Å². The molecule has 0 spiro atoms. The van der Waals surface area contributed by atoms with Gasteiger partial charge in [0.25, 0.3) is 0 Å². The van der Waals surface area contributed by atoms with Crippen molar-refractivity contribution < 1.29 is 19.1 Å². The number of alkyl halides is 1. The summed E-state index contributed by atoms with van der Waals surface area (Å²) in [7, 11) is 0. The first-order valence-electron chi connectivity index (χ1n) is 8.49. The number of anilines is 1. The number of nitrogens with zero attached hydrogens (tertiary/aromatic N) is 3. The largest absolute Gasteiger partial charge is 0.443 e. The van der Waals surface area contributed by atoms with Crippen LogP contribution in [-0.2, 0) is 14.8 Å². The van der Waals surface area contributed by atoms with Crippen LogP contribution in [0.25, 0.3) is 10.9 Å². The minimum atomic E-state index is -0.896. The van der Waals surface area contributed by atoms with Crippen molar-refractivity contribution in [1.29, 1.82) is 0 Å². The number of fused-ring (bicyclic) bond motifs is 1. The Hall–Kier alpha value is -2.22. The van der Waals surface area contributed by atoms with Crippen LogP contribution in [0.2, 0.25) is 0 Å². The second-order valence-electron chi connectivity index (χ2n) is 7.92. The standard InChI is InChI=1S/C19H24BrN3O4/c1-18(2,3)26-16(24)23(17(25)27-19(4,5)6)15-21-13-10-8-7-9-12(13)14(11-20)22-15/h7-10H,11H2,1-6H3. The van der Waals surface area contributed by atoms with Crippen molar-refractivity contribution in [1.82, 2.24) is 9.97 Å². The average molecular weight is 438 g/mol. The lowest BCUT2D eigenvalue weighted by Gasteiger charge is -2.27. The third-order valence-electron chi connectivity index (χ3n) is 3.15. The molecular weight excluding hydrogens is 414 g/mol. The van der Waals surface area contributed by atoms with Crippen LogP contribution in [0.15, 0.2) is 24.3 Å². The van der Waals surface area contributed by atoms with E-state index < -0.39 is 23.4 Å². The van der Waals surface area contributed by atoms with E-state index >= 15 is 0 Å². The van der Waals surface area contributed by atoms with Gasteiger partial charge in [0.2, 0.25) is 5.95 Å². The highest BCUT2D eigenvalue weighted by atomic mass is 79.9. The van der Waals surface area contributed by atoms with Crippen molar-refractivity contribution in [2.24, 2.45) is 0 Å². The van der Waals surface area contributed by atoms with Crippen LogP contribution in [0.1, 0.15) is 47.2 Å². The molecule has 2 rings (SSSR count). The van der Waals surface area contributed by atoms with Crippen LogP contribution in [0.5, 0.6) is 0 Å². The molecule has 0 atom stereocenters. The van der Waals surface area contributed by atoms with Crippen LogP contribution in [-0.4, -0.2) is 33.4 Å². The average Bonchev–Trinajstić information content (AvgIpc) is 2.50. The van der Waals surface area contributed by atoms with E-state index in [1.807, 2.05) is 18.2 Å². The number of hydrogen-bond acceptors (Lipinski definition) is 6. The predicted molar refractivity (Wildman–Crippen MR) is 107 cm³/mol. The summed E-state index contributed by atoms with van der Waals surface area (Å²) in [4.78, 5) is 35.0. The van der Waals surface area contributed by atoms with Crippen molar-refractivity contribution >= 4 is 45.0 Å². The fourth-order valence-corrected chi connectivity index (χ4v) is 2.61. The summed E-state index contributed by atoms with van der Waals surface area (Å²) < 4.78 is 10.7. The van der Waals surface area contributed by atoms with Crippen molar-refractivity contribution in [2.45, 2.75) is 58.1 Å². The summed E-state index contributed by atoms with van der Waals surface area (Å²) in [6.45, 7) is 10.3. The van der Waals surface area contributed by atoms with Gasteiger partial charge < -0.3 is 9.47 Å². The molecule has 27 heavy (non-hydrogen) atoms. The van der Waals surface area contributed by atoms with E-state index in [0.29, 0.717) is 16.5 Å². The molecule has 0 aliphatic heterocycles. The molecule has 7 nitrogen and oxygen atoms in total. The molecule has 8 heteroatoms. The number of ether oxygens (including phenoxy) is 2. The molecule has 0 fully saturated rings. The first kappa shape index (κ1) is 21.1. The van der Waals surface area contributed by atoms with E-state index in [0.717, 1.165) is 10.3 Å². The molecular formula is C19H24BrN3O4. The lowest BCUT2D eigenvalue weighted by Crippen LogP contribution is -2.44. The third kappa shape index (κ3) is 5.63. The topological polar surface area (TPSA) is 81.6 Å². The maximum absolute atomic E-state index is 12.7. The Morgan fingerprint density at radius 3 is 1.96 bits per heavy atom. The molecule has 0 saturated carbocycles. The van der Waals surface area contributed by atoms with Gasteiger partial charge in [-0.05, 0) is 47.6 Å². The molecule has 0 bridgehead atoms. The van der Waals surface area contributed by atoms with Crippen LogP contribution >= 0.6 is 15.9 Å². The zero-order valence-electron chi connectivity index (χ0n) is 16.4. The Labute approximate surface area is 167 Å². The molecule has 0 radical (unpaired) electrons. The number of halogens is 1. The van der Waals surface area contributed by atoms with Crippen molar-refractivity contribution in [3.63, 3.8) is 0 Å². The summed E-state index contributed by atoms with van der Waals surface area (Å²) in [5.41, 5.74) is -0.347. The van der Waals surface area contributed by atoms with Gasteiger partial charge in [0.1, 0.15) is 11.2 Å². The van der Waals surface area contributed by atoms with Gasteiger partial charge in [0, 0.05) is 10.7 Å². The van der Waals surface area contributed by atoms with Crippen LogP contribution < -0.4 is 4.90 Å². The Morgan fingerprint density at radius 2 is 1.48 bits per heavy atom. The van der Waals surface area contributed by atoms with Gasteiger partial charge in [0.05, 0.1) is 11.2 Å². The Kier molecular flexibility index (Phi) is 6.09. The summed E-state index contributed by atoms with van der Waals surface area (Å²) in [5.74, 6) is -0.0911. The van der Waals surface area contributed by atoms with E-state index in [1.165, 1.54) is 0 Å². The zero-order chi connectivity index (χ0) is 20.4. The quantitative estimate of drug-likeness (QED) is 0.600. The van der Waals surface area contributed by atoms with Gasteiger partial charge in [-0.1, -0.05) is 34.1 Å². The van der Waals surface area contributed by atoms with E-state index in [2.05, 4.69) is 25.9 Å². The normalized spacial score (nSPS) is 12.0. The van der Waals surface area contributed by atoms with Gasteiger partial charge in [-0.15, -0.1) is 4.90 Å². The lowest BCUT2D eigenvalue weighted by atomic mass is 10.2. The van der Waals surface area contributed by atoms with Crippen molar-refractivity contribution in [3.05, 3.63) is 30.0 Å². The van der Waals surface area contributed by atoms with E-state index in [1.54, 1.807) is 47.6 Å². The van der Waals surface area contributed by atoms with Crippen molar-refractivity contribution in [2.75, 3.05) is 4.90 Å². The Bertz CT molecular complexity index is 828. The first-order chi connectivity index (χ1) is 12.4. The maximum atomic E-state index is 12.7. The number of benzene rings is 1. The molecule has 0 aliphatic rings. The molecule has 0 unspecified atom stereocenters. The van der Waals surface area contributed by atoms with Crippen molar-refractivity contribution in [3.8, 4) is 0 Å². The molecule has 2 amide bonds. The summed E-state index contributed by atoms with van der Waals surface area (Å²) >= 11 is 3.39. The molecule has 0 aliphatic carbocycles. The highest BCUT2D eigenvalue weighted by Gasteiger charge is 2.35. The number of para-hydroxylation sites is 1. The SMILES string of the molecule is CC(C)(C)OC(=O)N(C(=O)OC(C)(C)C)c1nc(CBr)c2ccccc2n1. The number of aromatic nitrogens is 2. The third-order valence-corrected chi connectivity index (χ3v) is 3.68. The lowest BCUT2D eigenvalue weighted by molar-refractivity contribution is 0.0427. The smallest absolute Gasteiger partial charge is 0.427 e. The fourth-order valence-electron chi connectivity index (χ4n) is 2.18. The monoisotopic (exact) mass is 437 g/mol. The highest BCUT2D eigenvalue weighted by Crippen LogP contribution is 2.24. The summed E-state index contributed by atoms with van der Waals surface area (Å²) in [6.07, 6.45) is -1.79. The predicted octanol–water partition coefficient (Wildman–Crippen LogP) is 5.20. The summed E-state index contributed by atoms with van der Waals surface area (Å²) in [5, 5.41) is 1.26. The van der Waals surface area contributed by atoms with Crippen LogP contribution in [0.4, 0.5) is 15.5 Å². The number of hydrogen-bond donors (Lipinski definition) is 0. The minimum Gasteiger partial charge on any atom is -0.443 e. The summed E-state index contributed by atoms with van der Waals surface area (Å²) in [6, 6.07) is 7.36. The Balaban J connectivity index is 2.57. The Morgan fingerprint density at radius 1 is 0.963 bits per heavy atom. The molecule has 0 N–H and O–H groups in total. The number of rotatable bonds is 2. The van der Waals surface area contributed by atoms with Gasteiger partial charge in [0.15, 0.2) is 0 Å². The molecule has 146 valence electrons.